The average Bonchev–Trinajstić information content (AvgIpc) is 2.87. The summed E-state index contributed by atoms with van der Waals surface area (Å²) in [5.74, 6) is 0. The van der Waals surface area contributed by atoms with Crippen LogP contribution in [0.1, 0.15) is 11.1 Å². The number of benzene rings is 2. The van der Waals surface area contributed by atoms with E-state index in [9.17, 15) is 4.79 Å². The van der Waals surface area contributed by atoms with Gasteiger partial charge in [-0.25, -0.2) is 0 Å². The summed E-state index contributed by atoms with van der Waals surface area (Å²) in [7, 11) is 0. The molecule has 2 heterocycles. The first-order chi connectivity index (χ1) is 16.8. The first kappa shape index (κ1) is 24.3. The van der Waals surface area contributed by atoms with Crippen molar-refractivity contribution in [1.82, 2.24) is 9.97 Å². The van der Waals surface area contributed by atoms with Crippen LogP contribution >= 0.6 is 0 Å². The van der Waals surface area contributed by atoms with E-state index in [-0.39, 0.29) is 31.5 Å². The number of pyridine rings is 2. The van der Waals surface area contributed by atoms with Gasteiger partial charge in [-0.05, 0) is 0 Å². The van der Waals surface area contributed by atoms with E-state index < -0.39 is 6.16 Å². The van der Waals surface area contributed by atoms with E-state index in [0.717, 1.165) is 8.96 Å². The molecule has 7 heteroatoms. The van der Waals surface area contributed by atoms with E-state index in [4.69, 9.17) is 9.47 Å². The second-order valence-electron chi connectivity index (χ2n) is 7.30. The van der Waals surface area contributed by atoms with Crippen LogP contribution in [0.2, 0.25) is 0 Å². The molecule has 0 saturated carbocycles. The first-order valence-electron chi connectivity index (χ1n) is 11.0. The topological polar surface area (TPSA) is 61.3 Å². The molecule has 34 heavy (non-hydrogen) atoms. The van der Waals surface area contributed by atoms with E-state index in [1.165, 1.54) is 19.8 Å². The van der Waals surface area contributed by atoms with Crippen LogP contribution in [0.25, 0.3) is 0 Å². The summed E-state index contributed by atoms with van der Waals surface area (Å²) in [6, 6.07) is 28.5. The maximum atomic E-state index is 12.1. The van der Waals surface area contributed by atoms with Crippen LogP contribution in [-0.4, -0.2) is 60.8 Å². The van der Waals surface area contributed by atoms with Crippen LogP contribution in [0, 0.1) is 0 Å². The summed E-state index contributed by atoms with van der Waals surface area (Å²) >= 11 is -0.409. The molecule has 0 atom stereocenters. The molecule has 0 bridgehead atoms. The van der Waals surface area contributed by atoms with Gasteiger partial charge in [-0.1, -0.05) is 0 Å². The third kappa shape index (κ3) is 7.58. The van der Waals surface area contributed by atoms with Crippen LogP contribution in [0.5, 0.6) is 0 Å². The molecule has 0 amide bonds. The molecular formula is C27H24As2N2O3. The Kier molecular flexibility index (Phi) is 9.36. The Balaban J connectivity index is 1.23. The van der Waals surface area contributed by atoms with Crippen molar-refractivity contribution < 1.29 is 14.3 Å². The van der Waals surface area contributed by atoms with E-state index in [1.807, 2.05) is 60.9 Å². The molecule has 2 radical (unpaired) electrons. The second kappa shape index (κ2) is 13.1. The number of carbonyl (C=O) groups is 1. The monoisotopic (exact) mass is 574 g/mol. The average molecular weight is 574 g/mol. The zero-order valence-corrected chi connectivity index (χ0v) is 22.3. The molecule has 170 valence electrons. The van der Waals surface area contributed by atoms with Crippen LogP contribution < -0.4 is 17.7 Å². The van der Waals surface area contributed by atoms with Gasteiger partial charge in [0.1, 0.15) is 0 Å². The number of hydrogen-bond acceptors (Lipinski definition) is 5. The fourth-order valence-electron chi connectivity index (χ4n) is 3.28. The van der Waals surface area contributed by atoms with E-state index >= 15 is 0 Å². The molecule has 2 aromatic carbocycles. The van der Waals surface area contributed by atoms with E-state index in [0.29, 0.717) is 26.1 Å². The summed E-state index contributed by atoms with van der Waals surface area (Å²) < 4.78 is 15.5. The molecule has 0 fully saturated rings. The minimum atomic E-state index is -0.619. The van der Waals surface area contributed by atoms with Crippen molar-refractivity contribution in [3.05, 3.63) is 108 Å². The Hall–Kier alpha value is -2.87. The molecule has 0 aliphatic heterocycles. The zero-order valence-electron chi connectivity index (χ0n) is 18.6. The van der Waals surface area contributed by atoms with Crippen molar-refractivity contribution in [1.29, 1.82) is 0 Å². The van der Waals surface area contributed by atoms with E-state index in [1.54, 1.807) is 0 Å². The van der Waals surface area contributed by atoms with Crippen molar-refractivity contribution >= 4 is 55.3 Å². The van der Waals surface area contributed by atoms with Crippen LogP contribution in [-0.2, 0) is 22.3 Å². The van der Waals surface area contributed by atoms with Gasteiger partial charge < -0.3 is 0 Å². The molecule has 0 N–H and O–H groups in total. The van der Waals surface area contributed by atoms with E-state index in [2.05, 4.69) is 46.4 Å². The van der Waals surface area contributed by atoms with Crippen molar-refractivity contribution in [2.45, 2.75) is 12.8 Å². The third-order valence-electron chi connectivity index (χ3n) is 4.93. The molecule has 4 aromatic rings. The quantitative estimate of drug-likeness (QED) is 0.214. The Labute approximate surface area is 213 Å². The summed E-state index contributed by atoms with van der Waals surface area (Å²) in [6.07, 6.45) is 4.34. The summed E-state index contributed by atoms with van der Waals surface area (Å²) in [5.41, 5.74) is 2.38. The zero-order chi connectivity index (χ0) is 23.4. The Morgan fingerprint density at radius 3 is 1.50 bits per heavy atom. The van der Waals surface area contributed by atoms with Gasteiger partial charge in [0.25, 0.3) is 0 Å². The number of hydrogen-bond donors (Lipinski definition) is 0. The number of ether oxygens (including phenoxy) is 2. The van der Waals surface area contributed by atoms with Crippen molar-refractivity contribution in [2.75, 3.05) is 13.2 Å². The standard InChI is InChI=1S/C27H24As2N2O3/c32-27(33-19-15-21-9-1-3-11-23(21)28-25-13-5-7-17-30-25)34-20-16-22-10-2-4-12-24(22)29-26-14-6-8-18-31-26/h1-14,17-18H,15-16,19-20H2. The molecule has 4 rings (SSSR count). The number of aromatic nitrogens is 2. The minimum absolute atomic E-state index is 0.204. The van der Waals surface area contributed by atoms with Gasteiger partial charge in [-0.3, -0.25) is 0 Å². The van der Waals surface area contributed by atoms with Gasteiger partial charge in [-0.2, -0.15) is 0 Å². The Bertz CT molecular complexity index is 1100. The summed E-state index contributed by atoms with van der Waals surface area (Å²) in [5, 5.41) is 0. The van der Waals surface area contributed by atoms with Gasteiger partial charge in [-0.15, -0.1) is 0 Å². The summed E-state index contributed by atoms with van der Waals surface area (Å²) in [6.45, 7) is 0.584. The molecule has 5 nitrogen and oxygen atoms in total. The fraction of sp³-hybridized carbons (Fsp3) is 0.148. The Morgan fingerprint density at radius 2 is 1.06 bits per heavy atom. The molecule has 0 spiro atoms. The predicted octanol–water partition coefficient (Wildman–Crippen LogP) is 1.72. The van der Waals surface area contributed by atoms with Gasteiger partial charge in [0.05, 0.1) is 0 Å². The molecule has 0 aliphatic rings. The number of carbonyl (C=O) groups excluding carboxylic acids is 1. The van der Waals surface area contributed by atoms with Gasteiger partial charge in [0.2, 0.25) is 0 Å². The first-order valence-corrected chi connectivity index (χ1v) is 14.7. The predicted molar refractivity (Wildman–Crippen MR) is 136 cm³/mol. The molecular weight excluding hydrogens is 550 g/mol. The van der Waals surface area contributed by atoms with Crippen molar-refractivity contribution in [2.24, 2.45) is 0 Å². The van der Waals surface area contributed by atoms with Crippen molar-refractivity contribution in [3.8, 4) is 0 Å². The molecule has 2 aromatic heterocycles. The number of nitrogens with zero attached hydrogens (tertiary/aromatic N) is 2. The van der Waals surface area contributed by atoms with Gasteiger partial charge >= 0.3 is 214 Å². The SMILES string of the molecule is O=C(OCCc1ccccc1[As]c1ccccn1)OCCc1ccccc1[As]c1ccccn1. The summed E-state index contributed by atoms with van der Waals surface area (Å²) in [4.78, 5) is 21.0. The molecule has 0 saturated heterocycles. The van der Waals surface area contributed by atoms with Crippen molar-refractivity contribution in [3.63, 3.8) is 0 Å². The van der Waals surface area contributed by atoms with Crippen LogP contribution in [0.4, 0.5) is 4.79 Å². The molecule has 0 unspecified atom stereocenters. The number of rotatable bonds is 10. The maximum absolute atomic E-state index is 12.1. The van der Waals surface area contributed by atoms with Crippen LogP contribution in [0.3, 0.4) is 0 Å². The fourth-order valence-corrected chi connectivity index (χ4v) is 7.57. The third-order valence-corrected chi connectivity index (χ3v) is 9.85. The van der Waals surface area contributed by atoms with Crippen LogP contribution in [0.15, 0.2) is 97.3 Å². The van der Waals surface area contributed by atoms with Gasteiger partial charge in [0.15, 0.2) is 0 Å². The second-order valence-corrected chi connectivity index (χ2v) is 12.2. The van der Waals surface area contributed by atoms with Gasteiger partial charge in [0, 0.05) is 0 Å². The Morgan fingerprint density at radius 1 is 0.618 bits per heavy atom. The molecule has 0 aliphatic carbocycles. The normalized spacial score (nSPS) is 11.3.